The summed E-state index contributed by atoms with van der Waals surface area (Å²) in [6.45, 7) is 2.00. The molecule has 0 aromatic heterocycles. The molecule has 0 aliphatic carbocycles. The van der Waals surface area contributed by atoms with Crippen LogP contribution in [0.2, 0.25) is 0 Å². The molecule has 2 N–H and O–H groups in total. The summed E-state index contributed by atoms with van der Waals surface area (Å²) in [5.74, 6) is -0.295. The van der Waals surface area contributed by atoms with Gasteiger partial charge in [0.15, 0.2) is 0 Å². The number of benzene rings is 2. The Balaban J connectivity index is 2.52. The Bertz CT molecular complexity index is 628. The molecule has 100 valence electrons. The number of hydrogen-bond acceptors (Lipinski definition) is 1. The van der Waals surface area contributed by atoms with E-state index in [2.05, 4.69) is 47.8 Å². The van der Waals surface area contributed by atoms with Crippen molar-refractivity contribution in [2.45, 2.75) is 13.0 Å². The molecule has 5 heteroatoms. The first kappa shape index (κ1) is 15.2. The Hall–Kier alpha value is -0.230. The third-order valence-electron chi connectivity index (χ3n) is 2.91. The lowest BCUT2D eigenvalue weighted by atomic mass is 9.98. The first-order chi connectivity index (χ1) is 8.90. The third-order valence-corrected chi connectivity index (χ3v) is 5.17. The lowest BCUT2D eigenvalue weighted by Crippen LogP contribution is -2.13. The van der Waals surface area contributed by atoms with Gasteiger partial charge in [-0.2, -0.15) is 0 Å². The zero-order valence-electron chi connectivity index (χ0n) is 10.1. The van der Waals surface area contributed by atoms with Crippen LogP contribution >= 0.6 is 47.8 Å². The molecule has 0 fully saturated rings. The molecule has 1 nitrogen and oxygen atoms in total. The number of aryl methyl sites for hydroxylation is 1. The van der Waals surface area contributed by atoms with Gasteiger partial charge in [-0.1, -0.05) is 47.8 Å². The minimum Gasteiger partial charge on any atom is -0.320 e. The zero-order valence-corrected chi connectivity index (χ0v) is 14.8. The molecular formula is C14H11Br3FN. The van der Waals surface area contributed by atoms with Crippen molar-refractivity contribution < 1.29 is 4.39 Å². The monoisotopic (exact) mass is 449 g/mol. The summed E-state index contributed by atoms with van der Waals surface area (Å²) in [4.78, 5) is 0. The molecule has 1 unspecified atom stereocenters. The van der Waals surface area contributed by atoms with Gasteiger partial charge in [0, 0.05) is 13.4 Å². The number of rotatable bonds is 2. The fourth-order valence-electron chi connectivity index (χ4n) is 1.82. The minimum absolute atomic E-state index is 0.295. The van der Waals surface area contributed by atoms with Gasteiger partial charge in [0.1, 0.15) is 5.82 Å². The van der Waals surface area contributed by atoms with Crippen LogP contribution in [0, 0.1) is 12.7 Å². The van der Waals surface area contributed by atoms with Crippen LogP contribution in [0.3, 0.4) is 0 Å². The van der Waals surface area contributed by atoms with Crippen molar-refractivity contribution in [3.63, 3.8) is 0 Å². The molecule has 0 spiro atoms. The van der Waals surface area contributed by atoms with Crippen LogP contribution in [0.5, 0.6) is 0 Å². The summed E-state index contributed by atoms with van der Waals surface area (Å²) in [7, 11) is 0. The molecule has 2 rings (SSSR count). The van der Waals surface area contributed by atoms with Crippen molar-refractivity contribution in [2.75, 3.05) is 0 Å². The highest BCUT2D eigenvalue weighted by Crippen LogP contribution is 2.34. The van der Waals surface area contributed by atoms with Crippen LogP contribution in [0.15, 0.2) is 43.7 Å². The smallest absolute Gasteiger partial charge is 0.123 e. The first-order valence-electron chi connectivity index (χ1n) is 5.56. The van der Waals surface area contributed by atoms with Gasteiger partial charge >= 0.3 is 0 Å². The van der Waals surface area contributed by atoms with E-state index in [0.717, 1.165) is 30.1 Å². The quantitative estimate of drug-likeness (QED) is 0.643. The maximum absolute atomic E-state index is 13.4. The maximum atomic E-state index is 13.4. The highest BCUT2D eigenvalue weighted by molar-refractivity contribution is 9.11. The minimum atomic E-state index is -0.406. The van der Waals surface area contributed by atoms with E-state index >= 15 is 0 Å². The molecule has 0 heterocycles. The molecule has 2 aromatic carbocycles. The topological polar surface area (TPSA) is 26.0 Å². The Kier molecular flexibility index (Phi) is 4.82. The molecule has 0 saturated heterocycles. The van der Waals surface area contributed by atoms with E-state index < -0.39 is 6.04 Å². The predicted octanol–water partition coefficient (Wildman–Crippen LogP) is 5.47. The second-order valence-electron chi connectivity index (χ2n) is 4.27. The molecule has 0 amide bonds. The SMILES string of the molecule is Cc1cc(Br)c(C(N)c2cc(F)ccc2Br)cc1Br. The van der Waals surface area contributed by atoms with E-state index in [4.69, 9.17) is 5.73 Å². The van der Waals surface area contributed by atoms with Crippen LogP contribution in [0.1, 0.15) is 22.7 Å². The largest absolute Gasteiger partial charge is 0.320 e. The Labute approximate surface area is 136 Å². The van der Waals surface area contributed by atoms with Crippen molar-refractivity contribution in [3.8, 4) is 0 Å². The average molecular weight is 452 g/mol. The summed E-state index contributed by atoms with van der Waals surface area (Å²) in [6.07, 6.45) is 0. The third kappa shape index (κ3) is 3.27. The maximum Gasteiger partial charge on any atom is 0.123 e. The van der Waals surface area contributed by atoms with Crippen molar-refractivity contribution in [1.29, 1.82) is 0 Å². The molecule has 0 saturated carbocycles. The number of hydrogen-bond donors (Lipinski definition) is 1. The first-order valence-corrected chi connectivity index (χ1v) is 7.94. The predicted molar refractivity (Wildman–Crippen MR) is 86.7 cm³/mol. The van der Waals surface area contributed by atoms with Gasteiger partial charge in [-0.05, 0) is 53.9 Å². The summed E-state index contributed by atoms with van der Waals surface area (Å²) >= 11 is 10.4. The Morgan fingerprint density at radius 2 is 1.58 bits per heavy atom. The van der Waals surface area contributed by atoms with Crippen molar-refractivity contribution in [2.24, 2.45) is 5.73 Å². The zero-order chi connectivity index (χ0) is 14.2. The fraction of sp³-hybridized carbons (Fsp3) is 0.143. The van der Waals surface area contributed by atoms with E-state index in [1.807, 2.05) is 19.1 Å². The van der Waals surface area contributed by atoms with Gasteiger partial charge in [-0.25, -0.2) is 4.39 Å². The van der Waals surface area contributed by atoms with Gasteiger partial charge in [-0.3, -0.25) is 0 Å². The second kappa shape index (κ2) is 6.04. The van der Waals surface area contributed by atoms with Gasteiger partial charge in [0.2, 0.25) is 0 Å². The Morgan fingerprint density at radius 3 is 2.26 bits per heavy atom. The number of nitrogens with two attached hydrogens (primary N) is 1. The van der Waals surface area contributed by atoms with E-state index in [-0.39, 0.29) is 5.82 Å². The van der Waals surface area contributed by atoms with Gasteiger partial charge in [-0.15, -0.1) is 0 Å². The van der Waals surface area contributed by atoms with Crippen LogP contribution in [0.4, 0.5) is 4.39 Å². The molecule has 0 radical (unpaired) electrons. The van der Waals surface area contributed by atoms with Crippen LogP contribution in [-0.2, 0) is 0 Å². The van der Waals surface area contributed by atoms with Crippen LogP contribution in [0.25, 0.3) is 0 Å². The molecule has 0 bridgehead atoms. The van der Waals surface area contributed by atoms with E-state index in [1.54, 1.807) is 6.07 Å². The molecule has 19 heavy (non-hydrogen) atoms. The van der Waals surface area contributed by atoms with Crippen LogP contribution in [-0.4, -0.2) is 0 Å². The van der Waals surface area contributed by atoms with E-state index in [0.29, 0.717) is 0 Å². The van der Waals surface area contributed by atoms with E-state index in [9.17, 15) is 4.39 Å². The van der Waals surface area contributed by atoms with Gasteiger partial charge in [0.25, 0.3) is 0 Å². The summed E-state index contributed by atoms with van der Waals surface area (Å²) in [5, 5.41) is 0. The standard InChI is InChI=1S/C14H11Br3FN/c1-7-4-13(17)10(6-12(7)16)14(19)9-5-8(18)2-3-11(9)15/h2-6,14H,19H2,1H3. The summed E-state index contributed by atoms with van der Waals surface area (Å²) < 4.78 is 16.1. The van der Waals surface area contributed by atoms with Gasteiger partial charge in [0.05, 0.1) is 6.04 Å². The number of halogens is 4. The summed E-state index contributed by atoms with van der Waals surface area (Å²) in [6, 6.07) is 8.07. The highest BCUT2D eigenvalue weighted by atomic mass is 79.9. The summed E-state index contributed by atoms with van der Waals surface area (Å²) in [5.41, 5.74) is 9.00. The molecule has 2 aromatic rings. The lowest BCUT2D eigenvalue weighted by molar-refractivity contribution is 0.623. The highest BCUT2D eigenvalue weighted by Gasteiger charge is 2.17. The average Bonchev–Trinajstić information content (AvgIpc) is 2.36. The molecular weight excluding hydrogens is 441 g/mol. The fourth-order valence-corrected chi connectivity index (χ4v) is 3.38. The lowest BCUT2D eigenvalue weighted by Gasteiger charge is -2.17. The Morgan fingerprint density at radius 1 is 0.947 bits per heavy atom. The van der Waals surface area contributed by atoms with Crippen molar-refractivity contribution in [1.82, 2.24) is 0 Å². The molecule has 0 aliphatic rings. The van der Waals surface area contributed by atoms with Crippen molar-refractivity contribution >= 4 is 47.8 Å². The van der Waals surface area contributed by atoms with E-state index in [1.165, 1.54) is 12.1 Å². The molecule has 0 aliphatic heterocycles. The second-order valence-corrected chi connectivity index (χ2v) is 6.83. The molecule has 1 atom stereocenters. The van der Waals surface area contributed by atoms with Gasteiger partial charge < -0.3 is 5.73 Å². The van der Waals surface area contributed by atoms with Crippen LogP contribution < -0.4 is 5.73 Å². The normalized spacial score (nSPS) is 12.5. The van der Waals surface area contributed by atoms with Crippen molar-refractivity contribution in [3.05, 3.63) is 66.3 Å².